The van der Waals surface area contributed by atoms with E-state index in [9.17, 15) is 22.8 Å². The van der Waals surface area contributed by atoms with Gasteiger partial charge in [-0.05, 0) is 36.8 Å². The number of rotatable bonds is 7. The molecule has 1 heterocycles. The lowest BCUT2D eigenvalue weighted by atomic mass is 10.0. The molecule has 4 rings (SSSR count). The van der Waals surface area contributed by atoms with Crippen LogP contribution in [0.1, 0.15) is 40.0 Å². The molecule has 1 N–H and O–H groups in total. The van der Waals surface area contributed by atoms with E-state index in [2.05, 4.69) is 5.32 Å². The number of hydrogen-bond donors (Lipinski definition) is 1. The molecule has 0 fully saturated rings. The molecule has 0 aliphatic heterocycles. The Morgan fingerprint density at radius 2 is 1.69 bits per heavy atom. The largest absolute Gasteiger partial charge is 0.465 e. The minimum Gasteiger partial charge on any atom is -0.465 e. The van der Waals surface area contributed by atoms with Gasteiger partial charge in [0.1, 0.15) is 6.04 Å². The molecule has 180 valence electrons. The number of fused-ring (bicyclic) bond motifs is 1. The number of esters is 1. The number of carbonyl (C=O) groups excluding carboxylic acids is 2. The molecule has 0 aliphatic rings. The van der Waals surface area contributed by atoms with E-state index in [1.807, 2.05) is 6.07 Å². The van der Waals surface area contributed by atoms with Crippen molar-refractivity contribution in [1.82, 2.24) is 9.88 Å². The zero-order valence-corrected chi connectivity index (χ0v) is 18.9. The van der Waals surface area contributed by atoms with Crippen LogP contribution < -0.4 is 5.32 Å². The smallest absolute Gasteiger partial charge is 0.416 e. The molecular formula is C27H23F3N2O3. The first-order valence-electron chi connectivity index (χ1n) is 11.1. The lowest BCUT2D eigenvalue weighted by Crippen LogP contribution is -2.30. The predicted molar refractivity (Wildman–Crippen MR) is 126 cm³/mol. The number of nitrogens with one attached hydrogen (secondary N) is 1. The summed E-state index contributed by atoms with van der Waals surface area (Å²) in [7, 11) is 0. The van der Waals surface area contributed by atoms with Gasteiger partial charge in [-0.3, -0.25) is 14.7 Å². The minimum absolute atomic E-state index is 0.0143. The van der Waals surface area contributed by atoms with E-state index in [0.717, 1.165) is 12.1 Å². The van der Waals surface area contributed by atoms with Crippen molar-refractivity contribution >= 4 is 22.8 Å². The Balaban J connectivity index is 1.72. The molecule has 8 heteroatoms. The van der Waals surface area contributed by atoms with Gasteiger partial charge in [-0.2, -0.15) is 13.2 Å². The zero-order chi connectivity index (χ0) is 25.0. The molecule has 0 radical (unpaired) electrons. The Morgan fingerprint density at radius 1 is 0.971 bits per heavy atom. The summed E-state index contributed by atoms with van der Waals surface area (Å²) in [5.41, 5.74) is 1.17. The van der Waals surface area contributed by atoms with Gasteiger partial charge >= 0.3 is 12.1 Å². The van der Waals surface area contributed by atoms with Crippen LogP contribution >= 0.6 is 0 Å². The van der Waals surface area contributed by atoms with E-state index >= 15 is 0 Å². The second-order valence-corrected chi connectivity index (χ2v) is 7.91. The first-order chi connectivity index (χ1) is 16.8. The summed E-state index contributed by atoms with van der Waals surface area (Å²) in [5.74, 6) is -0.858. The summed E-state index contributed by atoms with van der Waals surface area (Å²) in [6.07, 6.45) is -2.89. The summed E-state index contributed by atoms with van der Waals surface area (Å²) in [5, 5.41) is 3.69. The average molecular weight is 480 g/mol. The maximum atomic E-state index is 13.2. The normalized spacial score (nSPS) is 12.5. The molecule has 5 nitrogen and oxygen atoms in total. The van der Waals surface area contributed by atoms with Crippen LogP contribution in [0.4, 0.5) is 13.2 Å². The van der Waals surface area contributed by atoms with Crippen molar-refractivity contribution < 1.29 is 27.5 Å². The lowest BCUT2D eigenvalue weighted by Gasteiger charge is -2.18. The molecule has 3 aromatic carbocycles. The highest BCUT2D eigenvalue weighted by atomic mass is 19.4. The molecular weight excluding hydrogens is 457 g/mol. The van der Waals surface area contributed by atoms with Crippen LogP contribution in [0.2, 0.25) is 0 Å². The van der Waals surface area contributed by atoms with Crippen LogP contribution in [-0.2, 0) is 22.3 Å². The van der Waals surface area contributed by atoms with Crippen molar-refractivity contribution in [1.29, 1.82) is 0 Å². The maximum Gasteiger partial charge on any atom is 0.416 e. The van der Waals surface area contributed by atoms with Gasteiger partial charge in [0.25, 0.3) is 5.91 Å². The predicted octanol–water partition coefficient (Wildman–Crippen LogP) is 5.74. The van der Waals surface area contributed by atoms with Crippen LogP contribution in [0.15, 0.2) is 85.1 Å². The van der Waals surface area contributed by atoms with E-state index in [1.54, 1.807) is 67.7 Å². The van der Waals surface area contributed by atoms with Crippen LogP contribution in [0.25, 0.3) is 10.9 Å². The van der Waals surface area contributed by atoms with E-state index < -0.39 is 23.8 Å². The molecule has 0 spiro atoms. The first kappa shape index (κ1) is 24.2. The first-order valence-corrected chi connectivity index (χ1v) is 11.1. The highest BCUT2D eigenvalue weighted by Crippen LogP contribution is 2.31. The number of ether oxygens (including phenoxy) is 1. The molecule has 1 unspecified atom stereocenters. The third-order valence-electron chi connectivity index (χ3n) is 5.58. The molecule has 4 aromatic rings. The standard InChI is InChI=1S/C27H23F3N2O3/c1-2-35-26(34)24(31-16-18-9-8-12-20(15-18)27(28,29)30)22-17-32(23-14-7-6-13-21(22)23)25(33)19-10-4-3-5-11-19/h3-15,17,24,31H,2,16H2,1H3. The van der Waals surface area contributed by atoms with Gasteiger partial charge in [0.2, 0.25) is 0 Å². The monoisotopic (exact) mass is 480 g/mol. The Labute approximate surface area is 200 Å². The number of benzene rings is 3. The second-order valence-electron chi connectivity index (χ2n) is 7.91. The van der Waals surface area contributed by atoms with E-state index in [1.165, 1.54) is 10.6 Å². The van der Waals surface area contributed by atoms with Gasteiger partial charge in [-0.25, -0.2) is 4.79 Å². The van der Waals surface area contributed by atoms with E-state index in [0.29, 0.717) is 27.6 Å². The Kier molecular flexibility index (Phi) is 7.02. The maximum absolute atomic E-state index is 13.2. The van der Waals surface area contributed by atoms with Gasteiger partial charge < -0.3 is 4.74 Å². The highest BCUT2D eigenvalue weighted by Gasteiger charge is 2.31. The summed E-state index contributed by atoms with van der Waals surface area (Å²) >= 11 is 0. The average Bonchev–Trinajstić information content (AvgIpc) is 3.23. The Bertz CT molecular complexity index is 1350. The van der Waals surface area contributed by atoms with Crippen molar-refractivity contribution in [2.24, 2.45) is 0 Å². The SMILES string of the molecule is CCOC(=O)C(NCc1cccc(C(F)(F)F)c1)c1cn(C(=O)c2ccccc2)c2ccccc12. The van der Waals surface area contributed by atoms with Crippen molar-refractivity contribution in [2.45, 2.75) is 25.7 Å². The fourth-order valence-electron chi connectivity index (χ4n) is 3.95. The summed E-state index contributed by atoms with van der Waals surface area (Å²) in [6, 6.07) is 19.8. The molecule has 0 aliphatic carbocycles. The number of carbonyl (C=O) groups is 2. The van der Waals surface area contributed by atoms with Gasteiger partial charge in [0.15, 0.2) is 0 Å². The number of halogens is 3. The minimum atomic E-state index is -4.47. The highest BCUT2D eigenvalue weighted by molar-refractivity contribution is 6.03. The number of nitrogens with zero attached hydrogens (tertiary/aromatic N) is 1. The second kappa shape index (κ2) is 10.1. The molecule has 0 amide bonds. The van der Waals surface area contributed by atoms with Crippen molar-refractivity contribution in [2.75, 3.05) is 6.61 Å². The number of alkyl halides is 3. The van der Waals surface area contributed by atoms with Crippen LogP contribution in [0.5, 0.6) is 0 Å². The van der Waals surface area contributed by atoms with Crippen LogP contribution in [0.3, 0.4) is 0 Å². The van der Waals surface area contributed by atoms with Crippen molar-refractivity contribution in [3.63, 3.8) is 0 Å². The fourth-order valence-corrected chi connectivity index (χ4v) is 3.95. The summed E-state index contributed by atoms with van der Waals surface area (Å²) in [6.45, 7) is 1.78. The molecule has 0 bridgehead atoms. The van der Waals surface area contributed by atoms with Crippen LogP contribution in [-0.4, -0.2) is 23.1 Å². The quantitative estimate of drug-likeness (QED) is 0.343. The lowest BCUT2D eigenvalue weighted by molar-refractivity contribution is -0.146. The summed E-state index contributed by atoms with van der Waals surface area (Å²) < 4.78 is 46.1. The van der Waals surface area contributed by atoms with Crippen LogP contribution in [0, 0.1) is 0 Å². The topological polar surface area (TPSA) is 60.3 Å². The number of para-hydroxylation sites is 1. The zero-order valence-electron chi connectivity index (χ0n) is 18.9. The Hall–Kier alpha value is -3.91. The van der Waals surface area contributed by atoms with Gasteiger partial charge in [0, 0.05) is 29.3 Å². The van der Waals surface area contributed by atoms with Gasteiger partial charge in [-0.15, -0.1) is 0 Å². The molecule has 35 heavy (non-hydrogen) atoms. The third-order valence-corrected chi connectivity index (χ3v) is 5.58. The number of hydrogen-bond acceptors (Lipinski definition) is 4. The summed E-state index contributed by atoms with van der Waals surface area (Å²) in [4.78, 5) is 26.1. The third kappa shape index (κ3) is 5.27. The number of aromatic nitrogens is 1. The van der Waals surface area contributed by atoms with E-state index in [-0.39, 0.29) is 19.1 Å². The molecule has 1 aromatic heterocycles. The van der Waals surface area contributed by atoms with Crippen molar-refractivity contribution in [3.05, 3.63) is 107 Å². The Morgan fingerprint density at radius 3 is 2.40 bits per heavy atom. The molecule has 0 saturated heterocycles. The molecule has 1 atom stereocenters. The van der Waals surface area contributed by atoms with Gasteiger partial charge in [0.05, 0.1) is 17.7 Å². The van der Waals surface area contributed by atoms with E-state index in [4.69, 9.17) is 4.74 Å². The van der Waals surface area contributed by atoms with Crippen molar-refractivity contribution in [3.8, 4) is 0 Å². The molecule has 0 saturated carbocycles. The fraction of sp³-hybridized carbons (Fsp3) is 0.185. The van der Waals surface area contributed by atoms with Gasteiger partial charge in [-0.1, -0.05) is 54.6 Å².